The Morgan fingerprint density at radius 1 is 0.358 bits per heavy atom. The van der Waals surface area contributed by atoms with E-state index in [4.69, 9.17) is 4.42 Å². The first-order chi connectivity index (χ1) is 26.0. The van der Waals surface area contributed by atoms with Crippen molar-refractivity contribution < 1.29 is 4.42 Å². The van der Waals surface area contributed by atoms with Crippen LogP contribution < -0.4 is 4.90 Å². The van der Waals surface area contributed by atoms with Crippen molar-refractivity contribution in [3.8, 4) is 44.5 Å². The van der Waals surface area contributed by atoms with E-state index in [1.807, 2.05) is 12.1 Å². The molecule has 0 aliphatic heterocycles. The average Bonchev–Trinajstić information content (AvgIpc) is 3.70. The van der Waals surface area contributed by atoms with Gasteiger partial charge in [-0.2, -0.15) is 0 Å². The Balaban J connectivity index is 0.969. The summed E-state index contributed by atoms with van der Waals surface area (Å²) in [7, 11) is 0. The zero-order valence-corrected chi connectivity index (χ0v) is 29.8. The van der Waals surface area contributed by atoms with Gasteiger partial charge in [-0.25, -0.2) is 0 Å². The zero-order chi connectivity index (χ0) is 35.5. The molecule has 0 fully saturated rings. The third-order valence-corrected chi connectivity index (χ3v) is 11.1. The summed E-state index contributed by atoms with van der Waals surface area (Å²) < 4.78 is 6.19. The van der Waals surface area contributed by atoms with Crippen LogP contribution in [0, 0.1) is 0 Å². The standard InChI is InChI=1S/C51H37NO/c1-51(2)47-30-23-37(31-46(47)43-28-21-38(32-48(43)51)34-11-5-3-6-12-34)35-17-24-41(25-18-35)52(40-13-7-4-8-14-40)42-26-19-36(20-27-42)39-22-29-45-44-15-9-10-16-49(44)53-50(45)33-39/h3-33H,1-2H3. The van der Waals surface area contributed by atoms with Crippen molar-refractivity contribution in [3.63, 3.8) is 0 Å². The summed E-state index contributed by atoms with van der Waals surface area (Å²) in [6.07, 6.45) is 0. The quantitative estimate of drug-likeness (QED) is 0.174. The Morgan fingerprint density at radius 2 is 0.868 bits per heavy atom. The van der Waals surface area contributed by atoms with E-state index in [1.165, 1.54) is 44.5 Å². The summed E-state index contributed by atoms with van der Waals surface area (Å²) in [6, 6.07) is 67.8. The lowest BCUT2D eigenvalue weighted by Crippen LogP contribution is -2.15. The minimum Gasteiger partial charge on any atom is -0.456 e. The van der Waals surface area contributed by atoms with Crippen LogP contribution in [0.4, 0.5) is 17.1 Å². The highest BCUT2D eigenvalue weighted by atomic mass is 16.3. The first kappa shape index (κ1) is 31.1. The van der Waals surface area contributed by atoms with E-state index in [2.05, 4.69) is 195 Å². The molecule has 1 aliphatic carbocycles. The Morgan fingerprint density at radius 3 is 1.58 bits per heavy atom. The fraction of sp³-hybridized carbons (Fsp3) is 0.0588. The molecule has 0 atom stereocenters. The first-order valence-electron chi connectivity index (χ1n) is 18.3. The minimum atomic E-state index is -0.0657. The third kappa shape index (κ3) is 5.26. The lowest BCUT2D eigenvalue weighted by atomic mass is 9.81. The topological polar surface area (TPSA) is 16.4 Å². The second kappa shape index (κ2) is 12.3. The van der Waals surface area contributed by atoms with Gasteiger partial charge >= 0.3 is 0 Å². The molecule has 53 heavy (non-hydrogen) atoms. The largest absolute Gasteiger partial charge is 0.456 e. The first-order valence-corrected chi connectivity index (χ1v) is 18.3. The molecule has 2 heteroatoms. The number of para-hydroxylation sites is 2. The lowest BCUT2D eigenvalue weighted by molar-refractivity contribution is 0.660. The number of hydrogen-bond donors (Lipinski definition) is 0. The molecule has 0 saturated carbocycles. The van der Waals surface area contributed by atoms with Gasteiger partial charge < -0.3 is 9.32 Å². The molecule has 0 radical (unpaired) electrons. The molecule has 10 rings (SSSR count). The van der Waals surface area contributed by atoms with Gasteiger partial charge in [0.1, 0.15) is 11.2 Å². The molecular formula is C51H37NO. The van der Waals surface area contributed by atoms with Crippen LogP contribution in [-0.2, 0) is 5.41 Å². The molecule has 0 unspecified atom stereocenters. The van der Waals surface area contributed by atoms with Crippen LogP contribution >= 0.6 is 0 Å². The van der Waals surface area contributed by atoms with Crippen molar-refractivity contribution in [2.75, 3.05) is 4.90 Å². The fourth-order valence-corrected chi connectivity index (χ4v) is 8.28. The Labute approximate surface area is 310 Å². The summed E-state index contributed by atoms with van der Waals surface area (Å²) in [5.41, 5.74) is 17.8. The molecular weight excluding hydrogens is 643 g/mol. The van der Waals surface area contributed by atoms with Crippen molar-refractivity contribution in [1.29, 1.82) is 0 Å². The Kier molecular flexibility index (Phi) is 7.19. The SMILES string of the molecule is CC1(C)c2ccc(-c3ccc(N(c4ccccc4)c4ccc(-c5ccc6c(c5)oc5ccccc56)cc4)cc3)cc2-c2ccc(-c3ccccc3)cc21. The number of nitrogens with zero attached hydrogens (tertiary/aromatic N) is 1. The smallest absolute Gasteiger partial charge is 0.136 e. The van der Waals surface area contributed by atoms with Gasteiger partial charge in [-0.1, -0.05) is 135 Å². The molecule has 0 spiro atoms. The fourth-order valence-electron chi connectivity index (χ4n) is 8.28. The average molecular weight is 680 g/mol. The van der Waals surface area contributed by atoms with Crippen LogP contribution in [-0.4, -0.2) is 0 Å². The third-order valence-electron chi connectivity index (χ3n) is 11.1. The normalized spacial score (nSPS) is 12.9. The maximum Gasteiger partial charge on any atom is 0.136 e. The van der Waals surface area contributed by atoms with Gasteiger partial charge in [0.25, 0.3) is 0 Å². The molecule has 0 bridgehead atoms. The van der Waals surface area contributed by atoms with Gasteiger partial charge in [0, 0.05) is 33.2 Å². The molecule has 9 aromatic rings. The van der Waals surface area contributed by atoms with Crippen molar-refractivity contribution >= 4 is 39.0 Å². The van der Waals surface area contributed by atoms with Gasteiger partial charge in [-0.3, -0.25) is 0 Å². The van der Waals surface area contributed by atoms with Gasteiger partial charge in [0.15, 0.2) is 0 Å². The number of rotatable bonds is 6. The van der Waals surface area contributed by atoms with E-state index in [0.717, 1.165) is 50.1 Å². The second-order valence-corrected chi connectivity index (χ2v) is 14.6. The van der Waals surface area contributed by atoms with E-state index in [0.29, 0.717) is 0 Å². The number of anilines is 3. The van der Waals surface area contributed by atoms with Crippen LogP contribution in [0.25, 0.3) is 66.4 Å². The van der Waals surface area contributed by atoms with Crippen LogP contribution in [0.2, 0.25) is 0 Å². The summed E-state index contributed by atoms with van der Waals surface area (Å²) in [4.78, 5) is 2.32. The minimum absolute atomic E-state index is 0.0657. The zero-order valence-electron chi connectivity index (χ0n) is 29.8. The molecule has 0 saturated heterocycles. The van der Waals surface area contributed by atoms with E-state index in [9.17, 15) is 0 Å². The molecule has 1 aromatic heterocycles. The number of furan rings is 1. The van der Waals surface area contributed by atoms with Gasteiger partial charge in [-0.15, -0.1) is 0 Å². The number of hydrogen-bond acceptors (Lipinski definition) is 2. The van der Waals surface area contributed by atoms with Crippen molar-refractivity contribution in [2.24, 2.45) is 0 Å². The van der Waals surface area contributed by atoms with Gasteiger partial charge in [-0.05, 0) is 122 Å². The summed E-state index contributed by atoms with van der Waals surface area (Å²) in [5, 5.41) is 2.29. The summed E-state index contributed by atoms with van der Waals surface area (Å²) in [6.45, 7) is 4.70. The van der Waals surface area contributed by atoms with E-state index < -0.39 is 0 Å². The van der Waals surface area contributed by atoms with Crippen LogP contribution in [0.5, 0.6) is 0 Å². The highest BCUT2D eigenvalue weighted by Crippen LogP contribution is 2.51. The van der Waals surface area contributed by atoms with E-state index >= 15 is 0 Å². The maximum atomic E-state index is 6.19. The van der Waals surface area contributed by atoms with E-state index in [-0.39, 0.29) is 5.41 Å². The van der Waals surface area contributed by atoms with E-state index in [1.54, 1.807) is 0 Å². The lowest BCUT2D eigenvalue weighted by Gasteiger charge is -2.26. The van der Waals surface area contributed by atoms with Gasteiger partial charge in [0.05, 0.1) is 0 Å². The van der Waals surface area contributed by atoms with Crippen LogP contribution in [0.15, 0.2) is 192 Å². The molecule has 2 nitrogen and oxygen atoms in total. The molecule has 8 aromatic carbocycles. The predicted octanol–water partition coefficient (Wildman–Crippen LogP) is 14.4. The second-order valence-electron chi connectivity index (χ2n) is 14.6. The van der Waals surface area contributed by atoms with Crippen LogP contribution in [0.1, 0.15) is 25.0 Å². The molecule has 1 heterocycles. The van der Waals surface area contributed by atoms with Crippen molar-refractivity contribution in [1.82, 2.24) is 0 Å². The van der Waals surface area contributed by atoms with Gasteiger partial charge in [0.2, 0.25) is 0 Å². The predicted molar refractivity (Wildman–Crippen MR) is 222 cm³/mol. The Bertz CT molecular complexity index is 2780. The van der Waals surface area contributed by atoms with Crippen molar-refractivity contribution in [3.05, 3.63) is 199 Å². The summed E-state index contributed by atoms with van der Waals surface area (Å²) >= 11 is 0. The highest BCUT2D eigenvalue weighted by Gasteiger charge is 2.35. The summed E-state index contributed by atoms with van der Waals surface area (Å²) in [5.74, 6) is 0. The molecule has 1 aliphatic rings. The molecule has 252 valence electrons. The number of benzene rings is 8. The van der Waals surface area contributed by atoms with Crippen LogP contribution in [0.3, 0.4) is 0 Å². The molecule has 0 N–H and O–H groups in total. The Hall–Kier alpha value is -6.64. The molecule has 0 amide bonds. The number of fused-ring (bicyclic) bond motifs is 6. The van der Waals surface area contributed by atoms with Crippen molar-refractivity contribution in [2.45, 2.75) is 19.3 Å². The highest BCUT2D eigenvalue weighted by molar-refractivity contribution is 6.06. The monoisotopic (exact) mass is 679 g/mol. The maximum absolute atomic E-state index is 6.19.